The van der Waals surface area contributed by atoms with Crippen molar-refractivity contribution in [2.24, 2.45) is 0 Å². The molecule has 2 rings (SSSR count). The van der Waals surface area contributed by atoms with Crippen molar-refractivity contribution >= 4 is 46.0 Å². The maximum Gasteiger partial charge on any atom is 0.229 e. The quantitative estimate of drug-likeness (QED) is 0.647. The molecular weight excluding hydrogens is 359 g/mol. The minimum atomic E-state index is -0.200. The number of nitrogens with one attached hydrogen (secondary N) is 1. The molecule has 1 aromatic rings. The second-order valence-corrected chi connectivity index (χ2v) is 5.49. The lowest BCUT2D eigenvalue weighted by Gasteiger charge is -2.13. The lowest BCUT2D eigenvalue weighted by atomic mass is 10.3. The van der Waals surface area contributed by atoms with Gasteiger partial charge in [-0.1, -0.05) is 0 Å². The molecule has 0 aliphatic carbocycles. The molecule has 1 aromatic carbocycles. The minimum absolute atomic E-state index is 0.128. The topological polar surface area (TPSA) is 66.5 Å². The Bertz CT molecular complexity index is 497. The molecule has 0 atom stereocenters. The Balaban J connectivity index is 1.83. The Hall–Kier alpha value is -1.44. The number of amides is 3. The summed E-state index contributed by atoms with van der Waals surface area (Å²) in [6, 6.07) is 7.41. The number of benzene rings is 1. The molecular formula is C13H13IN2O3. The van der Waals surface area contributed by atoms with E-state index in [1.54, 1.807) is 0 Å². The fourth-order valence-electron chi connectivity index (χ4n) is 1.84. The Labute approximate surface area is 124 Å². The molecule has 0 aromatic heterocycles. The Morgan fingerprint density at radius 3 is 2.32 bits per heavy atom. The summed E-state index contributed by atoms with van der Waals surface area (Å²) in [5.74, 6) is -0.576. The maximum absolute atomic E-state index is 11.7. The smallest absolute Gasteiger partial charge is 0.229 e. The molecule has 0 bridgehead atoms. The first kappa shape index (κ1) is 14.0. The van der Waals surface area contributed by atoms with Gasteiger partial charge in [0.1, 0.15) is 0 Å². The average molecular weight is 372 g/mol. The average Bonchev–Trinajstić information content (AvgIpc) is 2.70. The molecule has 1 aliphatic rings. The van der Waals surface area contributed by atoms with E-state index >= 15 is 0 Å². The predicted molar refractivity (Wildman–Crippen MR) is 78.4 cm³/mol. The molecule has 1 aliphatic heterocycles. The molecule has 1 heterocycles. The second kappa shape index (κ2) is 6.14. The van der Waals surface area contributed by atoms with Crippen LogP contribution in [0, 0.1) is 3.57 Å². The summed E-state index contributed by atoms with van der Waals surface area (Å²) in [4.78, 5) is 35.6. The lowest BCUT2D eigenvalue weighted by Crippen LogP contribution is -2.32. The van der Waals surface area contributed by atoms with Gasteiger partial charge in [0.05, 0.1) is 0 Å². The highest BCUT2D eigenvalue weighted by Gasteiger charge is 2.28. The molecule has 1 N–H and O–H groups in total. The number of carbonyl (C=O) groups excluding carboxylic acids is 3. The number of imide groups is 1. The summed E-state index contributed by atoms with van der Waals surface area (Å²) in [5.41, 5.74) is 0.712. The van der Waals surface area contributed by atoms with Gasteiger partial charge < -0.3 is 5.32 Å². The van der Waals surface area contributed by atoms with Crippen LogP contribution in [-0.2, 0) is 14.4 Å². The standard InChI is InChI=1S/C13H13IN2O3/c14-9-1-3-10(4-2-9)15-11(17)7-8-16-12(18)5-6-13(16)19/h1-4H,5-8H2,(H,15,17). The molecule has 100 valence electrons. The van der Waals surface area contributed by atoms with Crippen LogP contribution in [0.4, 0.5) is 5.69 Å². The molecule has 6 heteroatoms. The number of hydrogen-bond acceptors (Lipinski definition) is 3. The highest BCUT2D eigenvalue weighted by molar-refractivity contribution is 14.1. The van der Waals surface area contributed by atoms with Gasteiger partial charge in [0, 0.05) is 35.1 Å². The summed E-state index contributed by atoms with van der Waals surface area (Å²) in [6.07, 6.45) is 0.651. The molecule has 1 saturated heterocycles. The third-order valence-corrected chi connectivity index (χ3v) is 3.56. The molecule has 0 radical (unpaired) electrons. The number of nitrogens with zero attached hydrogens (tertiary/aromatic N) is 1. The number of halogens is 1. The summed E-state index contributed by atoms with van der Waals surface area (Å²) in [6.45, 7) is 0.161. The molecule has 19 heavy (non-hydrogen) atoms. The number of rotatable bonds is 4. The Kier molecular flexibility index (Phi) is 4.52. The second-order valence-electron chi connectivity index (χ2n) is 4.24. The number of likely N-dealkylation sites (tertiary alicyclic amines) is 1. The predicted octanol–water partition coefficient (Wildman–Crippen LogP) is 1.77. The fraction of sp³-hybridized carbons (Fsp3) is 0.308. The van der Waals surface area contributed by atoms with Crippen molar-refractivity contribution in [3.05, 3.63) is 27.8 Å². The van der Waals surface area contributed by atoms with Crippen LogP contribution in [0.15, 0.2) is 24.3 Å². The first-order valence-electron chi connectivity index (χ1n) is 5.95. The molecule has 3 amide bonds. The van der Waals surface area contributed by atoms with Crippen molar-refractivity contribution in [3.8, 4) is 0 Å². The first-order valence-corrected chi connectivity index (χ1v) is 7.03. The minimum Gasteiger partial charge on any atom is -0.326 e. The van der Waals surface area contributed by atoms with Gasteiger partial charge in [-0.3, -0.25) is 19.3 Å². The lowest BCUT2D eigenvalue weighted by molar-refractivity contribution is -0.138. The third-order valence-electron chi connectivity index (χ3n) is 2.85. The summed E-state index contributed by atoms with van der Waals surface area (Å²) in [5, 5.41) is 2.73. The zero-order valence-corrected chi connectivity index (χ0v) is 12.3. The van der Waals surface area contributed by atoms with Crippen LogP contribution < -0.4 is 5.32 Å². The molecule has 0 saturated carbocycles. The van der Waals surface area contributed by atoms with Crippen LogP contribution in [0.3, 0.4) is 0 Å². The maximum atomic E-state index is 11.7. The van der Waals surface area contributed by atoms with E-state index in [4.69, 9.17) is 0 Å². The number of carbonyl (C=O) groups is 3. The van der Waals surface area contributed by atoms with E-state index in [2.05, 4.69) is 27.9 Å². The van der Waals surface area contributed by atoms with E-state index < -0.39 is 0 Å². The van der Waals surface area contributed by atoms with E-state index in [-0.39, 0.29) is 43.5 Å². The fourth-order valence-corrected chi connectivity index (χ4v) is 2.20. The van der Waals surface area contributed by atoms with E-state index in [0.29, 0.717) is 5.69 Å². The van der Waals surface area contributed by atoms with Crippen molar-refractivity contribution in [2.75, 3.05) is 11.9 Å². The number of anilines is 1. The monoisotopic (exact) mass is 372 g/mol. The largest absolute Gasteiger partial charge is 0.326 e. The Morgan fingerprint density at radius 1 is 1.16 bits per heavy atom. The van der Waals surface area contributed by atoms with Crippen molar-refractivity contribution in [1.29, 1.82) is 0 Å². The summed E-state index contributed by atoms with van der Waals surface area (Å²) >= 11 is 2.18. The SMILES string of the molecule is O=C(CCN1C(=O)CCC1=O)Nc1ccc(I)cc1. The Morgan fingerprint density at radius 2 is 1.74 bits per heavy atom. The van der Waals surface area contributed by atoms with Crippen LogP contribution in [0.1, 0.15) is 19.3 Å². The van der Waals surface area contributed by atoms with Gasteiger partial charge >= 0.3 is 0 Å². The highest BCUT2D eigenvalue weighted by atomic mass is 127. The molecule has 0 unspecified atom stereocenters. The summed E-state index contributed by atoms with van der Waals surface area (Å²) in [7, 11) is 0. The molecule has 1 fully saturated rings. The van der Waals surface area contributed by atoms with Crippen molar-refractivity contribution in [2.45, 2.75) is 19.3 Å². The van der Waals surface area contributed by atoms with Gasteiger partial charge in [0.15, 0.2) is 0 Å². The van der Waals surface area contributed by atoms with Crippen LogP contribution in [-0.4, -0.2) is 29.2 Å². The van der Waals surface area contributed by atoms with E-state index in [0.717, 1.165) is 8.47 Å². The third kappa shape index (κ3) is 3.76. The van der Waals surface area contributed by atoms with E-state index in [1.807, 2.05) is 24.3 Å². The first-order chi connectivity index (χ1) is 9.06. The van der Waals surface area contributed by atoms with Crippen molar-refractivity contribution in [1.82, 2.24) is 4.90 Å². The van der Waals surface area contributed by atoms with Crippen LogP contribution in [0.5, 0.6) is 0 Å². The zero-order chi connectivity index (χ0) is 13.8. The van der Waals surface area contributed by atoms with Crippen LogP contribution >= 0.6 is 22.6 Å². The van der Waals surface area contributed by atoms with Crippen LogP contribution in [0.2, 0.25) is 0 Å². The van der Waals surface area contributed by atoms with Gasteiger partial charge in [-0.15, -0.1) is 0 Å². The normalized spacial score (nSPS) is 14.9. The van der Waals surface area contributed by atoms with Crippen molar-refractivity contribution in [3.63, 3.8) is 0 Å². The zero-order valence-electron chi connectivity index (χ0n) is 10.2. The van der Waals surface area contributed by atoms with Gasteiger partial charge in [-0.25, -0.2) is 0 Å². The number of hydrogen-bond donors (Lipinski definition) is 1. The van der Waals surface area contributed by atoms with Gasteiger partial charge in [0.25, 0.3) is 0 Å². The van der Waals surface area contributed by atoms with E-state index in [1.165, 1.54) is 0 Å². The van der Waals surface area contributed by atoms with Gasteiger partial charge in [-0.2, -0.15) is 0 Å². The molecule has 0 spiro atoms. The summed E-state index contributed by atoms with van der Waals surface area (Å²) < 4.78 is 1.09. The highest BCUT2D eigenvalue weighted by Crippen LogP contribution is 2.13. The molecule has 5 nitrogen and oxygen atoms in total. The van der Waals surface area contributed by atoms with Crippen LogP contribution in [0.25, 0.3) is 0 Å². The van der Waals surface area contributed by atoms with E-state index in [9.17, 15) is 14.4 Å². The van der Waals surface area contributed by atoms with Gasteiger partial charge in [0.2, 0.25) is 17.7 Å². The van der Waals surface area contributed by atoms with Crippen molar-refractivity contribution < 1.29 is 14.4 Å². The van der Waals surface area contributed by atoms with Gasteiger partial charge in [-0.05, 0) is 46.9 Å².